The van der Waals surface area contributed by atoms with Crippen molar-refractivity contribution < 1.29 is 9.59 Å². The Morgan fingerprint density at radius 2 is 1.95 bits per heavy atom. The van der Waals surface area contributed by atoms with Crippen LogP contribution in [0.15, 0.2) is 30.3 Å². The van der Waals surface area contributed by atoms with Gasteiger partial charge in [-0.25, -0.2) is 0 Å². The van der Waals surface area contributed by atoms with E-state index >= 15 is 0 Å². The summed E-state index contributed by atoms with van der Waals surface area (Å²) in [4.78, 5) is 26.5. The molecule has 4 nitrogen and oxygen atoms in total. The standard InChI is InChI=1S/C16H22N2O2/c1-3-7-13(11-17)18-14(19)10-16(2,15(18)20)12-8-5-4-6-9-12/h4-6,8-9,13H,3,7,10-11,17H2,1-2H3. The van der Waals surface area contributed by atoms with Crippen LogP contribution in [0.4, 0.5) is 0 Å². The first-order chi connectivity index (χ1) is 9.54. The van der Waals surface area contributed by atoms with Gasteiger partial charge in [-0.15, -0.1) is 0 Å². The zero-order chi connectivity index (χ0) is 14.8. The number of nitrogens with two attached hydrogens (primary N) is 1. The molecule has 0 bridgehead atoms. The predicted molar refractivity (Wildman–Crippen MR) is 78.0 cm³/mol. The van der Waals surface area contributed by atoms with E-state index in [4.69, 9.17) is 5.73 Å². The van der Waals surface area contributed by atoms with Crippen LogP contribution >= 0.6 is 0 Å². The molecule has 1 fully saturated rings. The van der Waals surface area contributed by atoms with Crippen molar-refractivity contribution in [1.29, 1.82) is 0 Å². The molecule has 1 heterocycles. The summed E-state index contributed by atoms with van der Waals surface area (Å²) in [7, 11) is 0. The third-order valence-electron chi connectivity index (χ3n) is 4.13. The fraction of sp³-hybridized carbons (Fsp3) is 0.500. The summed E-state index contributed by atoms with van der Waals surface area (Å²) in [6.07, 6.45) is 1.90. The van der Waals surface area contributed by atoms with E-state index < -0.39 is 5.41 Å². The van der Waals surface area contributed by atoms with Crippen LogP contribution in [0.5, 0.6) is 0 Å². The first-order valence-electron chi connectivity index (χ1n) is 7.16. The number of carbonyl (C=O) groups excluding carboxylic acids is 2. The summed E-state index contributed by atoms with van der Waals surface area (Å²) >= 11 is 0. The summed E-state index contributed by atoms with van der Waals surface area (Å²) < 4.78 is 0. The largest absolute Gasteiger partial charge is 0.328 e. The summed E-state index contributed by atoms with van der Waals surface area (Å²) in [5.41, 5.74) is 5.89. The minimum absolute atomic E-state index is 0.106. The Bertz CT molecular complexity index is 500. The average molecular weight is 274 g/mol. The smallest absolute Gasteiger partial charge is 0.240 e. The van der Waals surface area contributed by atoms with Crippen molar-refractivity contribution in [3.05, 3.63) is 35.9 Å². The van der Waals surface area contributed by atoms with E-state index in [1.54, 1.807) is 0 Å². The number of carbonyl (C=O) groups is 2. The fourth-order valence-corrected chi connectivity index (χ4v) is 2.93. The van der Waals surface area contributed by atoms with Crippen LogP contribution in [-0.2, 0) is 15.0 Å². The van der Waals surface area contributed by atoms with E-state index in [1.807, 2.05) is 44.2 Å². The molecule has 4 heteroatoms. The lowest BCUT2D eigenvalue weighted by Gasteiger charge is -2.28. The third-order valence-corrected chi connectivity index (χ3v) is 4.13. The number of nitrogens with zero attached hydrogens (tertiary/aromatic N) is 1. The van der Waals surface area contributed by atoms with Crippen molar-refractivity contribution in [3.8, 4) is 0 Å². The van der Waals surface area contributed by atoms with Gasteiger partial charge in [-0.2, -0.15) is 0 Å². The molecule has 0 spiro atoms. The van der Waals surface area contributed by atoms with Gasteiger partial charge in [0.2, 0.25) is 11.8 Å². The molecule has 1 aliphatic rings. The Morgan fingerprint density at radius 3 is 2.50 bits per heavy atom. The minimum Gasteiger partial charge on any atom is -0.328 e. The highest BCUT2D eigenvalue weighted by Gasteiger charge is 2.50. The molecule has 1 aromatic rings. The third kappa shape index (κ3) is 2.36. The Balaban J connectivity index is 2.33. The van der Waals surface area contributed by atoms with E-state index in [0.29, 0.717) is 6.54 Å². The maximum atomic E-state index is 12.8. The van der Waals surface area contributed by atoms with Crippen LogP contribution in [0.25, 0.3) is 0 Å². The van der Waals surface area contributed by atoms with Gasteiger partial charge in [-0.05, 0) is 18.9 Å². The Morgan fingerprint density at radius 1 is 1.30 bits per heavy atom. The molecule has 0 radical (unpaired) electrons. The van der Waals surface area contributed by atoms with Crippen molar-refractivity contribution in [2.75, 3.05) is 6.54 Å². The van der Waals surface area contributed by atoms with E-state index in [1.165, 1.54) is 4.90 Å². The van der Waals surface area contributed by atoms with Gasteiger partial charge in [0.25, 0.3) is 0 Å². The molecule has 2 rings (SSSR count). The fourth-order valence-electron chi connectivity index (χ4n) is 2.93. The van der Waals surface area contributed by atoms with Crippen LogP contribution in [0, 0.1) is 0 Å². The number of benzene rings is 1. The molecule has 0 saturated carbocycles. The predicted octanol–water partition coefficient (Wildman–Crippen LogP) is 1.83. The lowest BCUT2D eigenvalue weighted by Crippen LogP contribution is -2.46. The summed E-state index contributed by atoms with van der Waals surface area (Å²) in [5, 5.41) is 0. The van der Waals surface area contributed by atoms with Gasteiger partial charge in [-0.3, -0.25) is 14.5 Å². The summed E-state index contributed by atoms with van der Waals surface area (Å²) in [6, 6.07) is 9.34. The van der Waals surface area contributed by atoms with Crippen LogP contribution in [-0.4, -0.2) is 29.3 Å². The van der Waals surface area contributed by atoms with Gasteiger partial charge in [-0.1, -0.05) is 43.7 Å². The minimum atomic E-state index is -0.750. The van der Waals surface area contributed by atoms with Crippen LogP contribution in [0.2, 0.25) is 0 Å². The summed E-state index contributed by atoms with van der Waals surface area (Å²) in [6.45, 7) is 4.21. The van der Waals surface area contributed by atoms with E-state index in [9.17, 15) is 9.59 Å². The number of imide groups is 1. The van der Waals surface area contributed by atoms with Crippen LogP contribution in [0.3, 0.4) is 0 Å². The number of likely N-dealkylation sites (tertiary alicyclic amines) is 1. The molecular weight excluding hydrogens is 252 g/mol. The molecule has 2 atom stereocenters. The Kier molecular flexibility index (Phi) is 4.23. The average Bonchev–Trinajstić information content (AvgIpc) is 2.69. The van der Waals surface area contributed by atoms with E-state index in [0.717, 1.165) is 18.4 Å². The van der Waals surface area contributed by atoms with Crippen molar-refractivity contribution in [2.24, 2.45) is 5.73 Å². The lowest BCUT2D eigenvalue weighted by molar-refractivity contribution is -0.142. The lowest BCUT2D eigenvalue weighted by atomic mass is 9.81. The Labute approximate surface area is 119 Å². The highest BCUT2D eigenvalue weighted by atomic mass is 16.2. The van der Waals surface area contributed by atoms with Crippen molar-refractivity contribution >= 4 is 11.8 Å². The van der Waals surface area contributed by atoms with Gasteiger partial charge in [0.1, 0.15) is 0 Å². The first kappa shape index (κ1) is 14.7. The molecule has 108 valence electrons. The Hall–Kier alpha value is -1.68. The molecular formula is C16H22N2O2. The quantitative estimate of drug-likeness (QED) is 0.833. The highest BCUT2D eigenvalue weighted by molar-refractivity contribution is 6.09. The topological polar surface area (TPSA) is 63.4 Å². The van der Waals surface area contributed by atoms with Gasteiger partial charge < -0.3 is 5.73 Å². The van der Waals surface area contributed by atoms with Crippen molar-refractivity contribution in [1.82, 2.24) is 4.90 Å². The second-order valence-corrected chi connectivity index (χ2v) is 5.62. The van der Waals surface area contributed by atoms with E-state index in [2.05, 4.69) is 0 Å². The first-order valence-corrected chi connectivity index (χ1v) is 7.16. The van der Waals surface area contributed by atoms with Crippen LogP contribution < -0.4 is 5.73 Å². The molecule has 0 aliphatic carbocycles. The van der Waals surface area contributed by atoms with Crippen molar-refractivity contribution in [3.63, 3.8) is 0 Å². The van der Waals surface area contributed by atoms with E-state index in [-0.39, 0.29) is 24.3 Å². The van der Waals surface area contributed by atoms with Gasteiger partial charge in [0.15, 0.2) is 0 Å². The number of hydrogen-bond donors (Lipinski definition) is 1. The maximum Gasteiger partial charge on any atom is 0.240 e. The van der Waals surface area contributed by atoms with Gasteiger partial charge >= 0.3 is 0 Å². The van der Waals surface area contributed by atoms with Gasteiger partial charge in [0.05, 0.1) is 11.5 Å². The zero-order valence-electron chi connectivity index (χ0n) is 12.1. The summed E-state index contributed by atoms with van der Waals surface area (Å²) in [5.74, 6) is -0.220. The maximum absolute atomic E-state index is 12.8. The molecule has 1 saturated heterocycles. The van der Waals surface area contributed by atoms with Crippen molar-refractivity contribution in [2.45, 2.75) is 44.6 Å². The molecule has 1 aromatic carbocycles. The second-order valence-electron chi connectivity index (χ2n) is 5.62. The number of amides is 2. The zero-order valence-corrected chi connectivity index (χ0v) is 12.1. The second kappa shape index (κ2) is 5.75. The van der Waals surface area contributed by atoms with Crippen LogP contribution in [0.1, 0.15) is 38.7 Å². The molecule has 2 unspecified atom stereocenters. The molecule has 1 aliphatic heterocycles. The molecule has 2 N–H and O–H groups in total. The van der Waals surface area contributed by atoms with Gasteiger partial charge in [0, 0.05) is 13.0 Å². The number of hydrogen-bond acceptors (Lipinski definition) is 3. The molecule has 0 aromatic heterocycles. The monoisotopic (exact) mass is 274 g/mol. The SMILES string of the molecule is CCCC(CN)N1C(=O)CC(C)(c2ccccc2)C1=O. The molecule has 2 amide bonds. The highest BCUT2D eigenvalue weighted by Crippen LogP contribution is 2.37. The molecule has 20 heavy (non-hydrogen) atoms. The number of rotatable bonds is 5. The normalized spacial score (nSPS) is 24.2.